The van der Waals surface area contributed by atoms with E-state index in [1.165, 1.54) is 4.31 Å². The van der Waals surface area contributed by atoms with E-state index in [-0.39, 0.29) is 12.6 Å². The molecule has 0 aliphatic heterocycles. The predicted molar refractivity (Wildman–Crippen MR) is 67.3 cm³/mol. The lowest BCUT2D eigenvalue weighted by Gasteiger charge is -2.29. The van der Waals surface area contributed by atoms with E-state index in [4.69, 9.17) is 5.73 Å². The summed E-state index contributed by atoms with van der Waals surface area (Å²) in [4.78, 5) is 0. The summed E-state index contributed by atoms with van der Waals surface area (Å²) in [7, 11) is -1.85. The van der Waals surface area contributed by atoms with Crippen LogP contribution in [-0.4, -0.2) is 37.9 Å². The molecule has 0 amide bonds. The summed E-state index contributed by atoms with van der Waals surface area (Å²) in [5.41, 5.74) is 5.58. The molecule has 0 rings (SSSR count). The highest BCUT2D eigenvalue weighted by Gasteiger charge is 2.26. The normalized spacial score (nSPS) is 13.8. The highest BCUT2D eigenvalue weighted by atomic mass is 32.2. The lowest BCUT2D eigenvalue weighted by Crippen LogP contribution is -2.52. The molecule has 0 spiro atoms. The summed E-state index contributed by atoms with van der Waals surface area (Å²) in [6.07, 6.45) is 1.49. The molecule has 0 atom stereocenters. The monoisotopic (exact) mass is 251 g/mol. The zero-order valence-electron chi connectivity index (χ0n) is 10.9. The van der Waals surface area contributed by atoms with Crippen molar-refractivity contribution in [1.29, 1.82) is 0 Å². The number of nitrogens with one attached hydrogen (secondary N) is 1. The number of nitrogens with two attached hydrogens (primary N) is 1. The molecule has 5 nitrogen and oxygen atoms in total. The predicted octanol–water partition coefficient (Wildman–Crippen LogP) is 0.679. The second-order valence-corrected chi connectivity index (χ2v) is 6.32. The smallest absolute Gasteiger partial charge is 0.279 e. The van der Waals surface area contributed by atoms with Crippen molar-refractivity contribution in [2.45, 2.75) is 52.1 Å². The maximum absolute atomic E-state index is 11.8. The van der Waals surface area contributed by atoms with E-state index in [1.807, 2.05) is 27.7 Å². The van der Waals surface area contributed by atoms with Gasteiger partial charge < -0.3 is 5.73 Å². The fourth-order valence-corrected chi connectivity index (χ4v) is 2.34. The van der Waals surface area contributed by atoms with E-state index in [1.54, 1.807) is 7.05 Å². The summed E-state index contributed by atoms with van der Waals surface area (Å²) < 4.78 is 27.5. The Morgan fingerprint density at radius 3 is 2.06 bits per heavy atom. The second-order valence-electron chi connectivity index (χ2n) is 4.51. The first-order valence-electron chi connectivity index (χ1n) is 5.70. The molecule has 98 valence electrons. The Bertz CT molecular complexity index is 297. The van der Waals surface area contributed by atoms with E-state index < -0.39 is 15.7 Å². The van der Waals surface area contributed by atoms with Crippen molar-refractivity contribution in [3.05, 3.63) is 0 Å². The van der Waals surface area contributed by atoms with Crippen LogP contribution in [0.5, 0.6) is 0 Å². The quantitative estimate of drug-likeness (QED) is 0.698. The Balaban J connectivity index is 4.51. The Labute approximate surface area is 99.6 Å². The van der Waals surface area contributed by atoms with Gasteiger partial charge in [-0.1, -0.05) is 13.8 Å². The molecule has 0 heterocycles. The SMILES string of the molecule is CCC(N)(CC)CNS(=O)(=O)N(C)C(C)C. The summed E-state index contributed by atoms with van der Waals surface area (Å²) in [5.74, 6) is 0. The van der Waals surface area contributed by atoms with Gasteiger partial charge in [-0.05, 0) is 26.7 Å². The molecular weight excluding hydrogens is 226 g/mol. The van der Waals surface area contributed by atoms with Crippen LogP contribution in [0.4, 0.5) is 0 Å². The van der Waals surface area contributed by atoms with Gasteiger partial charge in [0.25, 0.3) is 10.2 Å². The van der Waals surface area contributed by atoms with Gasteiger partial charge in [0.05, 0.1) is 0 Å². The van der Waals surface area contributed by atoms with Gasteiger partial charge in [0.2, 0.25) is 0 Å². The van der Waals surface area contributed by atoms with Gasteiger partial charge >= 0.3 is 0 Å². The average Bonchev–Trinajstić information content (AvgIpc) is 2.24. The molecule has 0 bridgehead atoms. The Hall–Kier alpha value is -0.170. The number of hydrogen-bond acceptors (Lipinski definition) is 3. The van der Waals surface area contributed by atoms with E-state index in [9.17, 15) is 8.42 Å². The second kappa shape index (κ2) is 5.95. The molecule has 0 saturated carbocycles. The zero-order chi connectivity index (χ0) is 13.0. The molecular formula is C10H25N3O2S. The van der Waals surface area contributed by atoms with Crippen LogP contribution in [0.3, 0.4) is 0 Å². The third-order valence-corrected chi connectivity index (χ3v) is 4.81. The maximum atomic E-state index is 11.8. The molecule has 0 aliphatic carbocycles. The number of hydrogen-bond donors (Lipinski definition) is 2. The van der Waals surface area contributed by atoms with Crippen molar-refractivity contribution in [2.24, 2.45) is 5.73 Å². The average molecular weight is 251 g/mol. The number of nitrogens with zero attached hydrogens (tertiary/aromatic N) is 1. The van der Waals surface area contributed by atoms with Gasteiger partial charge in [-0.2, -0.15) is 12.7 Å². The van der Waals surface area contributed by atoms with Crippen LogP contribution in [0.25, 0.3) is 0 Å². The van der Waals surface area contributed by atoms with Crippen molar-refractivity contribution >= 4 is 10.2 Å². The standard InChI is InChI=1S/C10H25N3O2S/c1-6-10(11,7-2)8-12-16(14,15)13(5)9(3)4/h9,12H,6-8,11H2,1-5H3. The Morgan fingerprint density at radius 2 is 1.75 bits per heavy atom. The molecule has 0 aliphatic rings. The van der Waals surface area contributed by atoms with Crippen LogP contribution in [-0.2, 0) is 10.2 Å². The molecule has 0 radical (unpaired) electrons. The maximum Gasteiger partial charge on any atom is 0.279 e. The van der Waals surface area contributed by atoms with Crippen LogP contribution in [0, 0.1) is 0 Å². The number of rotatable bonds is 7. The fraction of sp³-hybridized carbons (Fsp3) is 1.00. The molecule has 0 aromatic carbocycles. The minimum Gasteiger partial charge on any atom is -0.324 e. The third-order valence-electron chi connectivity index (χ3n) is 3.12. The summed E-state index contributed by atoms with van der Waals surface area (Å²) >= 11 is 0. The molecule has 6 heteroatoms. The largest absolute Gasteiger partial charge is 0.324 e. The topological polar surface area (TPSA) is 75.4 Å². The van der Waals surface area contributed by atoms with Crippen molar-refractivity contribution in [2.75, 3.05) is 13.6 Å². The van der Waals surface area contributed by atoms with E-state index in [2.05, 4.69) is 4.72 Å². The summed E-state index contributed by atoms with van der Waals surface area (Å²) in [6, 6.07) is -0.0621. The van der Waals surface area contributed by atoms with Crippen molar-refractivity contribution in [3.63, 3.8) is 0 Å². The molecule has 0 aromatic heterocycles. The molecule has 0 saturated heterocycles. The molecule has 0 unspecified atom stereocenters. The molecule has 0 aromatic rings. The van der Waals surface area contributed by atoms with Crippen molar-refractivity contribution in [3.8, 4) is 0 Å². The van der Waals surface area contributed by atoms with Gasteiger partial charge in [0, 0.05) is 25.2 Å². The zero-order valence-corrected chi connectivity index (χ0v) is 11.8. The van der Waals surface area contributed by atoms with Crippen LogP contribution >= 0.6 is 0 Å². The van der Waals surface area contributed by atoms with Gasteiger partial charge in [0.15, 0.2) is 0 Å². The van der Waals surface area contributed by atoms with Crippen LogP contribution in [0.2, 0.25) is 0 Å². The van der Waals surface area contributed by atoms with Gasteiger partial charge in [0.1, 0.15) is 0 Å². The third kappa shape index (κ3) is 4.37. The summed E-state index contributed by atoms with van der Waals surface area (Å²) in [6.45, 7) is 7.86. The highest BCUT2D eigenvalue weighted by molar-refractivity contribution is 7.87. The first kappa shape index (κ1) is 15.8. The van der Waals surface area contributed by atoms with Crippen LogP contribution in [0.1, 0.15) is 40.5 Å². The molecule has 16 heavy (non-hydrogen) atoms. The summed E-state index contributed by atoms with van der Waals surface area (Å²) in [5, 5.41) is 0. The van der Waals surface area contributed by atoms with Gasteiger partial charge in [-0.25, -0.2) is 4.72 Å². The molecule has 0 fully saturated rings. The van der Waals surface area contributed by atoms with E-state index in [0.29, 0.717) is 0 Å². The van der Waals surface area contributed by atoms with Gasteiger partial charge in [-0.3, -0.25) is 0 Å². The minimum atomic E-state index is -3.41. The highest BCUT2D eigenvalue weighted by Crippen LogP contribution is 2.11. The van der Waals surface area contributed by atoms with Crippen molar-refractivity contribution < 1.29 is 8.42 Å². The Kier molecular flexibility index (Phi) is 5.89. The fourth-order valence-electron chi connectivity index (χ4n) is 1.11. The first-order valence-corrected chi connectivity index (χ1v) is 7.14. The molecule has 3 N–H and O–H groups in total. The Morgan fingerprint density at radius 1 is 1.31 bits per heavy atom. The van der Waals surface area contributed by atoms with Crippen LogP contribution < -0.4 is 10.5 Å². The van der Waals surface area contributed by atoms with Crippen LogP contribution in [0.15, 0.2) is 0 Å². The van der Waals surface area contributed by atoms with Crippen molar-refractivity contribution in [1.82, 2.24) is 9.03 Å². The van der Waals surface area contributed by atoms with Gasteiger partial charge in [-0.15, -0.1) is 0 Å². The lowest BCUT2D eigenvalue weighted by molar-refractivity contribution is 0.368. The minimum absolute atomic E-state index is 0.0621. The lowest BCUT2D eigenvalue weighted by atomic mass is 9.95. The van der Waals surface area contributed by atoms with E-state index in [0.717, 1.165) is 12.8 Å². The first-order chi connectivity index (χ1) is 7.18. The van der Waals surface area contributed by atoms with E-state index >= 15 is 0 Å².